The van der Waals surface area contributed by atoms with Gasteiger partial charge >= 0.3 is 7.60 Å². The maximum atomic E-state index is 12.0. The van der Waals surface area contributed by atoms with E-state index in [-0.39, 0.29) is 5.30 Å². The lowest BCUT2D eigenvalue weighted by molar-refractivity contribution is 0.234. The van der Waals surface area contributed by atoms with Crippen molar-refractivity contribution < 1.29 is 28.6 Å². The van der Waals surface area contributed by atoms with Gasteiger partial charge in [-0.05, 0) is 31.4 Å². The number of rotatable bonds is 19. The second-order valence-corrected chi connectivity index (χ2v) is 9.65. The highest BCUT2D eigenvalue weighted by molar-refractivity contribution is 7.60. The zero-order chi connectivity index (χ0) is 23.0. The van der Waals surface area contributed by atoms with E-state index in [4.69, 9.17) is 14.2 Å². The maximum Gasteiger partial charge on any atom is 0.356 e. The first-order chi connectivity index (χ1) is 14.9. The van der Waals surface area contributed by atoms with E-state index in [0.29, 0.717) is 37.1 Å². The molecule has 0 aliphatic carbocycles. The van der Waals surface area contributed by atoms with Crippen molar-refractivity contribution >= 4 is 12.9 Å². The standard InChI is InChI=1S/C24H43O6P/c1-4-7-10-13-16-28-22-19-21(31(25,26)27)20-23(29-17-14-11-8-5-2)24(22)30-18-15-12-9-6-3/h19-20H,4-18H2,1-3H3,(H2,25,26,27). The molecule has 0 unspecified atom stereocenters. The summed E-state index contributed by atoms with van der Waals surface area (Å²) in [6.45, 7) is 7.95. The number of unbranched alkanes of at least 4 members (excludes halogenated alkanes) is 9. The van der Waals surface area contributed by atoms with E-state index in [0.717, 1.165) is 77.0 Å². The molecule has 0 radical (unpaired) electrons. The molecule has 0 atom stereocenters. The SMILES string of the molecule is CCCCCCOc1cc(P(=O)(O)O)cc(OCCCCCC)c1OCCCCCC. The molecule has 0 bridgehead atoms. The Balaban J connectivity index is 3.01. The molecule has 0 aromatic heterocycles. The molecule has 0 spiro atoms. The van der Waals surface area contributed by atoms with Gasteiger partial charge < -0.3 is 24.0 Å². The summed E-state index contributed by atoms with van der Waals surface area (Å²) < 4.78 is 29.9. The molecule has 2 N–H and O–H groups in total. The Morgan fingerprint density at radius 3 is 1.39 bits per heavy atom. The largest absolute Gasteiger partial charge is 0.490 e. The predicted molar refractivity (Wildman–Crippen MR) is 127 cm³/mol. The fourth-order valence-electron chi connectivity index (χ4n) is 3.21. The van der Waals surface area contributed by atoms with E-state index in [1.54, 1.807) is 0 Å². The molecule has 6 nitrogen and oxygen atoms in total. The first-order valence-electron chi connectivity index (χ1n) is 12.1. The minimum Gasteiger partial charge on any atom is -0.490 e. The Morgan fingerprint density at radius 1 is 0.645 bits per heavy atom. The lowest BCUT2D eigenvalue weighted by Crippen LogP contribution is -2.12. The fraction of sp³-hybridized carbons (Fsp3) is 0.750. The average Bonchev–Trinajstić information content (AvgIpc) is 2.73. The average molecular weight is 459 g/mol. The van der Waals surface area contributed by atoms with Crippen LogP contribution >= 0.6 is 7.60 Å². The predicted octanol–water partition coefficient (Wildman–Crippen LogP) is 6.37. The van der Waals surface area contributed by atoms with Crippen molar-refractivity contribution in [3.8, 4) is 17.2 Å². The molecular formula is C24H43O6P. The van der Waals surface area contributed by atoms with Crippen LogP contribution in [0.15, 0.2) is 12.1 Å². The highest BCUT2D eigenvalue weighted by atomic mass is 31.2. The molecule has 1 aromatic rings. The molecule has 0 saturated heterocycles. The summed E-state index contributed by atoms with van der Waals surface area (Å²) in [5.41, 5.74) is 0. The minimum atomic E-state index is -4.45. The topological polar surface area (TPSA) is 85.2 Å². The fourth-order valence-corrected chi connectivity index (χ4v) is 3.78. The quantitative estimate of drug-likeness (QED) is 0.185. The Bertz CT molecular complexity index is 608. The first kappa shape index (κ1) is 27.8. The van der Waals surface area contributed by atoms with Crippen LogP contribution in [-0.2, 0) is 4.57 Å². The van der Waals surface area contributed by atoms with E-state index >= 15 is 0 Å². The summed E-state index contributed by atoms with van der Waals surface area (Å²) in [7, 11) is -4.45. The van der Waals surface area contributed by atoms with Crippen LogP contribution in [-0.4, -0.2) is 29.6 Å². The zero-order valence-electron chi connectivity index (χ0n) is 19.7. The Kier molecular flexibility index (Phi) is 14.7. The third-order valence-corrected chi connectivity index (χ3v) is 6.03. The second kappa shape index (κ2) is 16.4. The van der Waals surface area contributed by atoms with Crippen LogP contribution in [0.3, 0.4) is 0 Å². The molecule has 180 valence electrons. The zero-order valence-corrected chi connectivity index (χ0v) is 20.6. The van der Waals surface area contributed by atoms with Gasteiger partial charge in [0.05, 0.1) is 25.1 Å². The van der Waals surface area contributed by atoms with Gasteiger partial charge in [-0.2, -0.15) is 0 Å². The molecule has 0 amide bonds. The molecule has 7 heteroatoms. The first-order valence-corrected chi connectivity index (χ1v) is 13.7. The molecule has 31 heavy (non-hydrogen) atoms. The summed E-state index contributed by atoms with van der Waals surface area (Å²) in [4.78, 5) is 19.5. The van der Waals surface area contributed by atoms with E-state index in [1.165, 1.54) is 12.1 Å². The Hall–Kier alpha value is -1.23. The lowest BCUT2D eigenvalue weighted by atomic mass is 10.2. The Labute approximate surface area is 188 Å². The molecule has 0 saturated carbocycles. The van der Waals surface area contributed by atoms with Gasteiger partial charge in [0, 0.05) is 0 Å². The number of benzene rings is 1. The smallest absolute Gasteiger partial charge is 0.356 e. The molecule has 1 aromatic carbocycles. The van der Waals surface area contributed by atoms with Gasteiger partial charge in [-0.25, -0.2) is 0 Å². The van der Waals surface area contributed by atoms with Crippen LogP contribution in [0, 0.1) is 0 Å². The maximum absolute atomic E-state index is 12.0. The van der Waals surface area contributed by atoms with E-state index in [2.05, 4.69) is 20.8 Å². The van der Waals surface area contributed by atoms with Crippen molar-refractivity contribution in [3.63, 3.8) is 0 Å². The minimum absolute atomic E-state index is 0.0991. The van der Waals surface area contributed by atoms with Crippen molar-refractivity contribution in [3.05, 3.63) is 12.1 Å². The molecule has 1 rings (SSSR count). The van der Waals surface area contributed by atoms with Crippen molar-refractivity contribution in [1.82, 2.24) is 0 Å². The van der Waals surface area contributed by atoms with Crippen LogP contribution in [0.5, 0.6) is 17.2 Å². The summed E-state index contributed by atoms with van der Waals surface area (Å²) in [6.07, 6.45) is 12.7. The summed E-state index contributed by atoms with van der Waals surface area (Å²) in [5, 5.41) is -0.0991. The van der Waals surface area contributed by atoms with Gasteiger partial charge in [-0.1, -0.05) is 78.6 Å². The van der Waals surface area contributed by atoms with Gasteiger partial charge in [0.15, 0.2) is 11.5 Å². The number of hydrogen-bond donors (Lipinski definition) is 2. The van der Waals surface area contributed by atoms with Crippen molar-refractivity contribution in [2.45, 2.75) is 97.8 Å². The summed E-state index contributed by atoms with van der Waals surface area (Å²) in [6, 6.07) is 2.82. The lowest BCUT2D eigenvalue weighted by Gasteiger charge is -2.19. The van der Waals surface area contributed by atoms with E-state index in [9.17, 15) is 14.4 Å². The molecule has 0 heterocycles. The van der Waals surface area contributed by atoms with Crippen molar-refractivity contribution in [2.24, 2.45) is 0 Å². The van der Waals surface area contributed by atoms with Crippen molar-refractivity contribution in [2.75, 3.05) is 19.8 Å². The molecular weight excluding hydrogens is 415 g/mol. The van der Waals surface area contributed by atoms with Crippen LogP contribution in [0.25, 0.3) is 0 Å². The molecule has 0 fully saturated rings. The molecule has 0 aliphatic heterocycles. The van der Waals surface area contributed by atoms with Crippen LogP contribution in [0.4, 0.5) is 0 Å². The Morgan fingerprint density at radius 2 is 1.03 bits per heavy atom. The highest BCUT2D eigenvalue weighted by Crippen LogP contribution is 2.43. The van der Waals surface area contributed by atoms with E-state index in [1.807, 2.05) is 0 Å². The van der Waals surface area contributed by atoms with E-state index < -0.39 is 7.60 Å². The summed E-state index contributed by atoms with van der Waals surface area (Å²) >= 11 is 0. The summed E-state index contributed by atoms with van der Waals surface area (Å²) in [5.74, 6) is 1.17. The second-order valence-electron chi connectivity index (χ2n) is 8.04. The van der Waals surface area contributed by atoms with Gasteiger partial charge in [0.1, 0.15) is 0 Å². The van der Waals surface area contributed by atoms with Gasteiger partial charge in [0.2, 0.25) is 5.75 Å². The third-order valence-electron chi connectivity index (χ3n) is 5.10. The normalized spacial score (nSPS) is 11.5. The number of hydrogen-bond acceptors (Lipinski definition) is 4. The number of ether oxygens (including phenoxy) is 3. The van der Waals surface area contributed by atoms with Gasteiger partial charge in [-0.15, -0.1) is 0 Å². The van der Waals surface area contributed by atoms with Crippen LogP contribution in [0.2, 0.25) is 0 Å². The van der Waals surface area contributed by atoms with Crippen molar-refractivity contribution in [1.29, 1.82) is 0 Å². The van der Waals surface area contributed by atoms with Gasteiger partial charge in [-0.3, -0.25) is 4.57 Å². The van der Waals surface area contributed by atoms with Crippen LogP contribution < -0.4 is 19.5 Å². The molecule has 0 aliphatic rings. The van der Waals surface area contributed by atoms with Crippen LogP contribution in [0.1, 0.15) is 97.8 Å². The third kappa shape index (κ3) is 11.8. The highest BCUT2D eigenvalue weighted by Gasteiger charge is 2.24. The monoisotopic (exact) mass is 458 g/mol. The van der Waals surface area contributed by atoms with Gasteiger partial charge in [0.25, 0.3) is 0 Å².